The predicted molar refractivity (Wildman–Crippen MR) is 118 cm³/mol. The molecule has 0 saturated carbocycles. The minimum atomic E-state index is -0.0460. The molecule has 3 aromatic rings. The second-order valence-electron chi connectivity index (χ2n) is 7.33. The summed E-state index contributed by atoms with van der Waals surface area (Å²) in [4.78, 5) is 34.5. The number of hydrogen-bond donors (Lipinski definition) is 2. The third-order valence-corrected chi connectivity index (χ3v) is 7.08. The van der Waals surface area contributed by atoms with E-state index in [0.717, 1.165) is 40.7 Å². The van der Waals surface area contributed by atoms with E-state index in [0.29, 0.717) is 23.2 Å². The smallest absolute Gasteiger partial charge is 0.259 e. The fourth-order valence-electron chi connectivity index (χ4n) is 3.66. The van der Waals surface area contributed by atoms with Crippen molar-refractivity contribution >= 4 is 44.9 Å². The lowest BCUT2D eigenvalue weighted by Gasteiger charge is -2.13. The molecule has 28 heavy (non-hydrogen) atoms. The number of aromatic nitrogens is 2. The molecule has 2 N–H and O–H groups in total. The van der Waals surface area contributed by atoms with Crippen molar-refractivity contribution in [3.63, 3.8) is 0 Å². The van der Waals surface area contributed by atoms with Crippen LogP contribution in [0.3, 0.4) is 0 Å². The molecule has 0 aliphatic heterocycles. The van der Waals surface area contributed by atoms with E-state index in [4.69, 9.17) is 0 Å². The van der Waals surface area contributed by atoms with Gasteiger partial charge in [-0.1, -0.05) is 32.0 Å². The first-order valence-corrected chi connectivity index (χ1v) is 11.5. The van der Waals surface area contributed by atoms with Crippen LogP contribution in [0.1, 0.15) is 48.0 Å². The van der Waals surface area contributed by atoms with Gasteiger partial charge < -0.3 is 10.3 Å². The molecular formula is C21H23N3O2S2. The molecule has 146 valence electrons. The summed E-state index contributed by atoms with van der Waals surface area (Å²) >= 11 is 3.10. The second kappa shape index (κ2) is 8.09. The Morgan fingerprint density at radius 2 is 2.14 bits per heavy atom. The number of carbonyl (C=O) groups is 1. The number of benzene rings is 1. The fourth-order valence-corrected chi connectivity index (χ4v) is 5.63. The monoisotopic (exact) mass is 413 g/mol. The Labute approximate surface area is 172 Å². The maximum atomic E-state index is 12.5. The van der Waals surface area contributed by atoms with Gasteiger partial charge in [0.1, 0.15) is 10.7 Å². The van der Waals surface area contributed by atoms with Crippen LogP contribution in [-0.4, -0.2) is 21.6 Å². The molecule has 1 amide bonds. The fraction of sp³-hybridized carbons (Fsp3) is 0.381. The standard InChI is InChI=1S/C21H23N3O2S2/c1-12(2)13-6-3-4-8-15(13)22-18(25)11-27-10-17-23-20(26)19-14-7-5-9-16(14)28-21(19)24-17/h3-4,6,8,12H,5,7,9-11H2,1-2H3,(H,22,25)(H,23,24,26). The molecule has 1 aliphatic carbocycles. The molecule has 7 heteroatoms. The molecule has 5 nitrogen and oxygen atoms in total. The van der Waals surface area contributed by atoms with Gasteiger partial charge in [0.25, 0.3) is 5.56 Å². The van der Waals surface area contributed by atoms with Gasteiger partial charge in [0.05, 0.1) is 16.9 Å². The summed E-state index contributed by atoms with van der Waals surface area (Å²) < 4.78 is 0. The highest BCUT2D eigenvalue weighted by Crippen LogP contribution is 2.34. The zero-order valence-electron chi connectivity index (χ0n) is 16.0. The number of carbonyl (C=O) groups excluding carboxylic acids is 1. The molecular weight excluding hydrogens is 390 g/mol. The summed E-state index contributed by atoms with van der Waals surface area (Å²) in [5.41, 5.74) is 3.14. The summed E-state index contributed by atoms with van der Waals surface area (Å²) in [6.45, 7) is 4.22. The van der Waals surface area contributed by atoms with Crippen molar-refractivity contribution < 1.29 is 4.79 Å². The van der Waals surface area contributed by atoms with Crippen molar-refractivity contribution in [3.8, 4) is 0 Å². The van der Waals surface area contributed by atoms with E-state index < -0.39 is 0 Å². The van der Waals surface area contributed by atoms with E-state index in [1.54, 1.807) is 11.3 Å². The first kappa shape index (κ1) is 19.2. The van der Waals surface area contributed by atoms with E-state index in [9.17, 15) is 9.59 Å². The molecule has 0 spiro atoms. The zero-order valence-corrected chi connectivity index (χ0v) is 17.6. The van der Waals surface area contributed by atoms with E-state index >= 15 is 0 Å². The highest BCUT2D eigenvalue weighted by molar-refractivity contribution is 7.99. The minimum absolute atomic E-state index is 0.0448. The first-order chi connectivity index (χ1) is 13.5. The van der Waals surface area contributed by atoms with Gasteiger partial charge in [-0.05, 0) is 42.4 Å². The molecule has 2 heterocycles. The molecule has 2 aromatic heterocycles. The SMILES string of the molecule is CC(C)c1ccccc1NC(=O)CSCc1nc2sc3c(c2c(=O)[nH]1)CCC3. The van der Waals surface area contributed by atoms with Crippen molar-refractivity contribution in [1.82, 2.24) is 9.97 Å². The van der Waals surface area contributed by atoms with Crippen LogP contribution in [0.25, 0.3) is 10.2 Å². The number of thioether (sulfide) groups is 1. The van der Waals surface area contributed by atoms with Gasteiger partial charge in [-0.15, -0.1) is 23.1 Å². The number of H-pyrrole nitrogens is 1. The predicted octanol–water partition coefficient (Wildman–Crippen LogP) is 4.47. The normalized spacial score (nSPS) is 13.2. The highest BCUT2D eigenvalue weighted by atomic mass is 32.2. The van der Waals surface area contributed by atoms with Crippen LogP contribution >= 0.6 is 23.1 Å². The Kier molecular flexibility index (Phi) is 5.55. The van der Waals surface area contributed by atoms with Crippen molar-refractivity contribution in [2.45, 2.75) is 44.8 Å². The van der Waals surface area contributed by atoms with Crippen LogP contribution < -0.4 is 10.9 Å². The molecule has 0 saturated heterocycles. The quantitative estimate of drug-likeness (QED) is 0.625. The van der Waals surface area contributed by atoms with Gasteiger partial charge in [-0.25, -0.2) is 4.98 Å². The third-order valence-electron chi connectivity index (χ3n) is 4.95. The van der Waals surface area contributed by atoms with Crippen LogP contribution in [-0.2, 0) is 23.4 Å². The Morgan fingerprint density at radius 1 is 1.32 bits per heavy atom. The lowest BCUT2D eigenvalue weighted by atomic mass is 10.0. The average Bonchev–Trinajstić information content (AvgIpc) is 3.22. The maximum Gasteiger partial charge on any atom is 0.259 e. The lowest BCUT2D eigenvalue weighted by molar-refractivity contribution is -0.113. The Hall–Kier alpha value is -2.12. The molecule has 1 aliphatic rings. The molecule has 1 aromatic carbocycles. The molecule has 0 atom stereocenters. The van der Waals surface area contributed by atoms with Gasteiger partial charge >= 0.3 is 0 Å². The van der Waals surface area contributed by atoms with Crippen molar-refractivity contribution in [2.24, 2.45) is 0 Å². The topological polar surface area (TPSA) is 74.8 Å². The number of aromatic amines is 1. The van der Waals surface area contributed by atoms with E-state index in [2.05, 4.69) is 29.1 Å². The number of anilines is 1. The molecule has 0 radical (unpaired) electrons. The van der Waals surface area contributed by atoms with Crippen LogP contribution in [0.15, 0.2) is 29.1 Å². The van der Waals surface area contributed by atoms with Crippen molar-refractivity contribution in [1.29, 1.82) is 0 Å². The lowest BCUT2D eigenvalue weighted by Crippen LogP contribution is -2.16. The average molecular weight is 414 g/mol. The number of para-hydroxylation sites is 1. The molecule has 4 rings (SSSR count). The third kappa shape index (κ3) is 3.86. The minimum Gasteiger partial charge on any atom is -0.325 e. The van der Waals surface area contributed by atoms with Crippen LogP contribution in [0.5, 0.6) is 0 Å². The van der Waals surface area contributed by atoms with Crippen LogP contribution in [0.4, 0.5) is 5.69 Å². The number of rotatable bonds is 6. The van der Waals surface area contributed by atoms with E-state index in [1.165, 1.54) is 22.2 Å². The van der Waals surface area contributed by atoms with Gasteiger partial charge in [-0.3, -0.25) is 9.59 Å². The van der Waals surface area contributed by atoms with Gasteiger partial charge in [0, 0.05) is 10.6 Å². The second-order valence-corrected chi connectivity index (χ2v) is 9.40. The van der Waals surface area contributed by atoms with Gasteiger partial charge in [0.15, 0.2) is 0 Å². The van der Waals surface area contributed by atoms with Gasteiger partial charge in [0.2, 0.25) is 5.91 Å². The molecule has 0 fully saturated rings. The van der Waals surface area contributed by atoms with Gasteiger partial charge in [-0.2, -0.15) is 0 Å². The van der Waals surface area contributed by atoms with E-state index in [1.807, 2.05) is 24.3 Å². The number of hydrogen-bond acceptors (Lipinski definition) is 5. The van der Waals surface area contributed by atoms with Crippen molar-refractivity contribution in [3.05, 3.63) is 56.4 Å². The summed E-state index contributed by atoms with van der Waals surface area (Å²) in [7, 11) is 0. The number of nitrogens with one attached hydrogen (secondary N) is 2. The van der Waals surface area contributed by atoms with E-state index in [-0.39, 0.29) is 11.5 Å². The number of nitrogens with zero attached hydrogens (tertiary/aromatic N) is 1. The summed E-state index contributed by atoms with van der Waals surface area (Å²) in [6, 6.07) is 7.88. The molecule has 0 unspecified atom stereocenters. The summed E-state index contributed by atoms with van der Waals surface area (Å²) in [5.74, 6) is 1.76. The van der Waals surface area contributed by atoms with Crippen LogP contribution in [0, 0.1) is 0 Å². The number of thiophene rings is 1. The van der Waals surface area contributed by atoms with Crippen LogP contribution in [0.2, 0.25) is 0 Å². The Bertz CT molecular complexity index is 1080. The number of fused-ring (bicyclic) bond motifs is 3. The number of aryl methyl sites for hydroxylation is 2. The van der Waals surface area contributed by atoms with Crippen molar-refractivity contribution in [2.75, 3.05) is 11.1 Å². The highest BCUT2D eigenvalue weighted by Gasteiger charge is 2.21. The summed E-state index contributed by atoms with van der Waals surface area (Å²) in [5, 5.41) is 3.77. The largest absolute Gasteiger partial charge is 0.325 e. The maximum absolute atomic E-state index is 12.5. The summed E-state index contributed by atoms with van der Waals surface area (Å²) in [6.07, 6.45) is 3.16. The Balaban J connectivity index is 1.39. The first-order valence-electron chi connectivity index (χ1n) is 9.53. The Morgan fingerprint density at radius 3 is 2.96 bits per heavy atom. The molecule has 0 bridgehead atoms. The zero-order chi connectivity index (χ0) is 19.7. The number of amides is 1.